The third-order valence-electron chi connectivity index (χ3n) is 4.62. The van der Waals surface area contributed by atoms with Crippen LogP contribution in [0.25, 0.3) is 10.7 Å². The molecule has 2 amide bonds. The number of anilines is 1. The Bertz CT molecular complexity index is 973. The highest BCUT2D eigenvalue weighted by molar-refractivity contribution is 7.13. The summed E-state index contributed by atoms with van der Waals surface area (Å²) in [7, 11) is 4.58. The molecule has 1 aliphatic rings. The molecular formula is C19H20N4O5S. The molecule has 1 fully saturated rings. The molecule has 0 aliphatic carbocycles. The quantitative estimate of drug-likeness (QED) is 0.657. The number of benzene rings is 1. The summed E-state index contributed by atoms with van der Waals surface area (Å²) >= 11 is 1.55. The SMILES string of the molecule is COc1cc(NC(=O)N2CC(c3nc(-c4cccs4)no3)C2)cc(OC)c1OC. The van der Waals surface area contributed by atoms with E-state index in [1.807, 2.05) is 17.5 Å². The van der Waals surface area contributed by atoms with Crippen molar-refractivity contribution in [3.05, 3.63) is 35.5 Å². The molecule has 4 rings (SSSR count). The largest absolute Gasteiger partial charge is 0.493 e. The van der Waals surface area contributed by atoms with Crippen LogP contribution in [0.2, 0.25) is 0 Å². The van der Waals surface area contributed by atoms with E-state index in [0.29, 0.717) is 47.7 Å². The van der Waals surface area contributed by atoms with E-state index in [4.69, 9.17) is 18.7 Å². The summed E-state index contributed by atoms with van der Waals surface area (Å²) in [5.41, 5.74) is 0.547. The normalized spacial score (nSPS) is 13.7. The van der Waals surface area contributed by atoms with Gasteiger partial charge in [0, 0.05) is 25.2 Å². The van der Waals surface area contributed by atoms with Gasteiger partial charge in [0.25, 0.3) is 0 Å². The van der Waals surface area contributed by atoms with E-state index in [1.54, 1.807) is 28.4 Å². The highest BCUT2D eigenvalue weighted by Gasteiger charge is 2.36. The van der Waals surface area contributed by atoms with Crippen LogP contribution in [-0.4, -0.2) is 55.5 Å². The topological polar surface area (TPSA) is 99.0 Å². The maximum absolute atomic E-state index is 12.6. The average Bonchev–Trinajstić information content (AvgIpc) is 3.37. The number of aromatic nitrogens is 2. The molecule has 1 N–H and O–H groups in total. The van der Waals surface area contributed by atoms with Gasteiger partial charge in [-0.3, -0.25) is 0 Å². The fraction of sp³-hybridized carbons (Fsp3) is 0.316. The monoisotopic (exact) mass is 416 g/mol. The minimum Gasteiger partial charge on any atom is -0.493 e. The fourth-order valence-corrected chi connectivity index (χ4v) is 3.71. The summed E-state index contributed by atoms with van der Waals surface area (Å²) in [6, 6.07) is 7.02. The molecule has 1 saturated heterocycles. The first kappa shape index (κ1) is 19.1. The summed E-state index contributed by atoms with van der Waals surface area (Å²) in [6.07, 6.45) is 0. The van der Waals surface area contributed by atoms with Gasteiger partial charge in [-0.05, 0) is 11.4 Å². The number of ether oxygens (including phenoxy) is 3. The first-order chi connectivity index (χ1) is 14.1. The van der Waals surface area contributed by atoms with Crippen LogP contribution in [0, 0.1) is 0 Å². The van der Waals surface area contributed by atoms with E-state index in [9.17, 15) is 4.79 Å². The molecule has 0 bridgehead atoms. The van der Waals surface area contributed by atoms with Crippen molar-refractivity contribution in [1.29, 1.82) is 0 Å². The molecule has 2 aromatic heterocycles. The lowest BCUT2D eigenvalue weighted by Gasteiger charge is -2.36. The molecule has 1 aliphatic heterocycles. The molecule has 9 nitrogen and oxygen atoms in total. The number of likely N-dealkylation sites (tertiary alicyclic amines) is 1. The molecule has 1 aromatic carbocycles. The maximum atomic E-state index is 12.6. The molecule has 0 atom stereocenters. The zero-order valence-electron chi connectivity index (χ0n) is 16.2. The van der Waals surface area contributed by atoms with E-state index in [0.717, 1.165) is 4.88 Å². The van der Waals surface area contributed by atoms with Crippen LogP contribution in [0.1, 0.15) is 11.8 Å². The maximum Gasteiger partial charge on any atom is 0.321 e. The second-order valence-electron chi connectivity index (χ2n) is 6.38. The molecule has 0 unspecified atom stereocenters. The van der Waals surface area contributed by atoms with Crippen molar-refractivity contribution in [3.8, 4) is 28.0 Å². The van der Waals surface area contributed by atoms with Crippen LogP contribution in [0.5, 0.6) is 17.2 Å². The minimum atomic E-state index is -0.228. The zero-order valence-corrected chi connectivity index (χ0v) is 17.0. The van der Waals surface area contributed by atoms with E-state index in [1.165, 1.54) is 21.3 Å². The molecule has 3 heterocycles. The van der Waals surface area contributed by atoms with Gasteiger partial charge in [-0.25, -0.2) is 4.79 Å². The van der Waals surface area contributed by atoms with Gasteiger partial charge in [-0.15, -0.1) is 11.3 Å². The summed E-state index contributed by atoms with van der Waals surface area (Å²) in [4.78, 5) is 19.6. The fourth-order valence-electron chi connectivity index (χ4n) is 3.06. The first-order valence-corrected chi connectivity index (χ1v) is 9.74. The standard InChI is InChI=1S/C19H20N4O5S/c1-25-13-7-12(8-14(26-2)16(13)27-3)20-19(24)23-9-11(10-23)18-21-17(22-28-18)15-5-4-6-29-15/h4-8,11H,9-10H2,1-3H3,(H,20,24). The summed E-state index contributed by atoms with van der Waals surface area (Å²) < 4.78 is 21.3. The predicted octanol–water partition coefficient (Wildman–Crippen LogP) is 3.46. The second-order valence-corrected chi connectivity index (χ2v) is 7.33. The number of amides is 2. The van der Waals surface area contributed by atoms with Crippen molar-refractivity contribution >= 4 is 23.1 Å². The van der Waals surface area contributed by atoms with E-state index in [2.05, 4.69) is 15.5 Å². The van der Waals surface area contributed by atoms with Gasteiger partial charge in [0.15, 0.2) is 11.5 Å². The first-order valence-electron chi connectivity index (χ1n) is 8.86. The number of thiophene rings is 1. The van der Waals surface area contributed by atoms with Crippen LogP contribution in [0.4, 0.5) is 10.5 Å². The number of rotatable bonds is 6. The molecule has 152 valence electrons. The van der Waals surface area contributed by atoms with Gasteiger partial charge in [0.05, 0.1) is 37.8 Å². The summed E-state index contributed by atoms with van der Waals surface area (Å²) in [5.74, 6) is 2.56. The Morgan fingerprint density at radius 3 is 2.52 bits per heavy atom. The van der Waals surface area contributed by atoms with E-state index in [-0.39, 0.29) is 11.9 Å². The Hall–Kier alpha value is -3.27. The van der Waals surface area contributed by atoms with Crippen molar-refractivity contribution in [3.63, 3.8) is 0 Å². The van der Waals surface area contributed by atoms with Crippen LogP contribution >= 0.6 is 11.3 Å². The smallest absolute Gasteiger partial charge is 0.321 e. The number of carbonyl (C=O) groups excluding carboxylic acids is 1. The van der Waals surface area contributed by atoms with Crippen molar-refractivity contribution in [1.82, 2.24) is 15.0 Å². The number of hydrogen-bond acceptors (Lipinski definition) is 8. The highest BCUT2D eigenvalue weighted by Crippen LogP contribution is 2.40. The van der Waals surface area contributed by atoms with Gasteiger partial charge in [0.2, 0.25) is 17.5 Å². The molecule has 0 spiro atoms. The Kier molecular flexibility index (Phi) is 5.26. The summed E-state index contributed by atoms with van der Waals surface area (Å²) in [5, 5.41) is 8.83. The van der Waals surface area contributed by atoms with Crippen LogP contribution < -0.4 is 19.5 Å². The van der Waals surface area contributed by atoms with Crippen molar-refractivity contribution in [2.45, 2.75) is 5.92 Å². The predicted molar refractivity (Wildman–Crippen MR) is 107 cm³/mol. The van der Waals surface area contributed by atoms with E-state index < -0.39 is 0 Å². The molecular weight excluding hydrogens is 396 g/mol. The van der Waals surface area contributed by atoms with E-state index >= 15 is 0 Å². The lowest BCUT2D eigenvalue weighted by Crippen LogP contribution is -2.50. The van der Waals surface area contributed by atoms with Crippen LogP contribution in [0.3, 0.4) is 0 Å². The van der Waals surface area contributed by atoms with Gasteiger partial charge in [-0.1, -0.05) is 11.2 Å². The number of nitrogens with one attached hydrogen (secondary N) is 1. The molecule has 29 heavy (non-hydrogen) atoms. The average molecular weight is 416 g/mol. The third kappa shape index (κ3) is 3.70. The lowest BCUT2D eigenvalue weighted by atomic mass is 10.0. The highest BCUT2D eigenvalue weighted by atomic mass is 32.1. The lowest BCUT2D eigenvalue weighted by molar-refractivity contribution is 0.147. The number of methoxy groups -OCH3 is 3. The molecule has 3 aromatic rings. The van der Waals surface area contributed by atoms with Crippen LogP contribution in [0.15, 0.2) is 34.2 Å². The van der Waals surface area contributed by atoms with Crippen molar-refractivity contribution < 1.29 is 23.5 Å². The number of carbonyl (C=O) groups is 1. The van der Waals surface area contributed by atoms with Gasteiger partial charge in [-0.2, -0.15) is 4.98 Å². The number of urea groups is 1. The third-order valence-corrected chi connectivity index (χ3v) is 5.48. The zero-order chi connectivity index (χ0) is 20.4. The number of hydrogen-bond donors (Lipinski definition) is 1. The number of nitrogens with zero attached hydrogens (tertiary/aromatic N) is 3. The molecule has 10 heteroatoms. The molecule has 0 saturated carbocycles. The minimum absolute atomic E-state index is 0.0295. The van der Waals surface area contributed by atoms with Gasteiger partial charge < -0.3 is 29.0 Å². The van der Waals surface area contributed by atoms with Gasteiger partial charge >= 0.3 is 6.03 Å². The van der Waals surface area contributed by atoms with Crippen molar-refractivity contribution in [2.24, 2.45) is 0 Å². The Labute approximate surface area is 171 Å². The van der Waals surface area contributed by atoms with Crippen LogP contribution in [-0.2, 0) is 0 Å². The molecule has 0 radical (unpaired) electrons. The second kappa shape index (κ2) is 8.00. The Balaban J connectivity index is 1.39. The van der Waals surface area contributed by atoms with Gasteiger partial charge in [0.1, 0.15) is 0 Å². The summed E-state index contributed by atoms with van der Waals surface area (Å²) in [6.45, 7) is 1.00. The van der Waals surface area contributed by atoms with Crippen molar-refractivity contribution in [2.75, 3.05) is 39.7 Å². The Morgan fingerprint density at radius 2 is 1.93 bits per heavy atom. The Morgan fingerprint density at radius 1 is 1.21 bits per heavy atom.